The number of carbonyl (C=O) groups excluding carboxylic acids is 1. The van der Waals surface area contributed by atoms with Crippen molar-refractivity contribution in [2.45, 2.75) is 6.54 Å². The van der Waals surface area contributed by atoms with E-state index in [4.69, 9.17) is 5.26 Å². The van der Waals surface area contributed by atoms with E-state index in [9.17, 15) is 4.79 Å². The Morgan fingerprint density at radius 3 is 2.84 bits per heavy atom. The Morgan fingerprint density at radius 1 is 1.20 bits per heavy atom. The summed E-state index contributed by atoms with van der Waals surface area (Å²) in [6, 6.07) is 19.0. The number of rotatable bonds is 5. The summed E-state index contributed by atoms with van der Waals surface area (Å²) in [6.45, 7) is 4.54. The number of amides is 1. The van der Waals surface area contributed by atoms with Gasteiger partial charge in [-0.05, 0) is 29.1 Å². The molecule has 2 aromatic carbocycles. The molecule has 0 bridgehead atoms. The van der Waals surface area contributed by atoms with Gasteiger partial charge in [0, 0.05) is 24.7 Å². The average molecular weight is 327 g/mol. The summed E-state index contributed by atoms with van der Waals surface area (Å²) in [5, 5.41) is 10.9. The zero-order chi connectivity index (χ0) is 17.6. The highest BCUT2D eigenvalue weighted by Crippen LogP contribution is 2.19. The molecule has 0 saturated carbocycles. The van der Waals surface area contributed by atoms with Crippen LogP contribution in [0.3, 0.4) is 0 Å². The van der Waals surface area contributed by atoms with E-state index in [-0.39, 0.29) is 5.91 Å². The van der Waals surface area contributed by atoms with Crippen LogP contribution in [0.5, 0.6) is 0 Å². The van der Waals surface area contributed by atoms with Gasteiger partial charge in [-0.15, -0.1) is 6.58 Å². The Hall–Kier alpha value is -3.45. The largest absolute Gasteiger partial charge is 0.329 e. The van der Waals surface area contributed by atoms with Gasteiger partial charge < -0.3 is 4.90 Å². The quantitative estimate of drug-likeness (QED) is 0.667. The first-order valence-electron chi connectivity index (χ1n) is 7.96. The van der Waals surface area contributed by atoms with Gasteiger partial charge in [0.25, 0.3) is 5.91 Å². The molecule has 3 rings (SSSR count). The zero-order valence-corrected chi connectivity index (χ0v) is 13.7. The number of hydrogen-bond donors (Lipinski definition) is 0. The summed E-state index contributed by atoms with van der Waals surface area (Å²) in [5.74, 6) is -0.154. The molecule has 0 atom stereocenters. The number of nitriles is 1. The molecule has 0 saturated heterocycles. The van der Waals surface area contributed by atoms with Crippen LogP contribution in [0.4, 0.5) is 0 Å². The van der Waals surface area contributed by atoms with E-state index < -0.39 is 0 Å². The maximum Gasteiger partial charge on any atom is 0.273 e. The first-order chi connectivity index (χ1) is 12.2. The number of benzene rings is 2. The van der Waals surface area contributed by atoms with Crippen molar-refractivity contribution >= 4 is 16.7 Å². The molecule has 0 aliphatic heterocycles. The second kappa shape index (κ2) is 7.41. The van der Waals surface area contributed by atoms with E-state index >= 15 is 0 Å². The first-order valence-corrected chi connectivity index (χ1v) is 7.96. The van der Waals surface area contributed by atoms with Crippen LogP contribution < -0.4 is 0 Å². The summed E-state index contributed by atoms with van der Waals surface area (Å²) in [7, 11) is 0. The number of aromatic nitrogens is 1. The van der Waals surface area contributed by atoms with Crippen molar-refractivity contribution in [3.63, 3.8) is 0 Å². The minimum atomic E-state index is -0.154. The van der Waals surface area contributed by atoms with Crippen LogP contribution in [0, 0.1) is 11.3 Å². The van der Waals surface area contributed by atoms with E-state index in [2.05, 4.69) is 17.6 Å². The van der Waals surface area contributed by atoms with Crippen molar-refractivity contribution in [1.29, 1.82) is 5.26 Å². The molecular formula is C21H17N3O. The molecule has 3 aromatic rings. The van der Waals surface area contributed by atoms with E-state index in [1.54, 1.807) is 29.3 Å². The fraction of sp³-hybridized carbons (Fsp3) is 0.0952. The molecule has 122 valence electrons. The molecule has 1 aromatic heterocycles. The minimum absolute atomic E-state index is 0.154. The Morgan fingerprint density at radius 2 is 2.04 bits per heavy atom. The third-order valence-electron chi connectivity index (χ3n) is 3.94. The van der Waals surface area contributed by atoms with Crippen LogP contribution in [-0.4, -0.2) is 22.3 Å². The molecule has 0 aliphatic carbocycles. The van der Waals surface area contributed by atoms with E-state index in [0.717, 1.165) is 16.3 Å². The highest BCUT2D eigenvalue weighted by atomic mass is 16.2. The summed E-state index contributed by atoms with van der Waals surface area (Å²) < 4.78 is 0. The van der Waals surface area contributed by atoms with Gasteiger partial charge in [0.2, 0.25) is 0 Å². The summed E-state index contributed by atoms with van der Waals surface area (Å²) >= 11 is 0. The highest BCUT2D eigenvalue weighted by Gasteiger charge is 2.19. The SMILES string of the molecule is C=CCN(Cc1cccc(C#N)c1)C(=O)c1nccc2ccccc12. The molecule has 0 unspecified atom stereocenters. The molecule has 0 N–H and O–H groups in total. The molecular weight excluding hydrogens is 310 g/mol. The summed E-state index contributed by atoms with van der Waals surface area (Å²) in [6.07, 6.45) is 3.34. The Labute approximate surface area is 146 Å². The lowest BCUT2D eigenvalue weighted by atomic mass is 10.1. The Balaban J connectivity index is 1.95. The minimum Gasteiger partial charge on any atom is -0.329 e. The predicted octanol–water partition coefficient (Wildman–Crippen LogP) is 3.93. The van der Waals surface area contributed by atoms with Gasteiger partial charge in [0.1, 0.15) is 5.69 Å². The molecule has 4 nitrogen and oxygen atoms in total. The second-order valence-electron chi connectivity index (χ2n) is 5.67. The fourth-order valence-corrected chi connectivity index (χ4v) is 2.77. The average Bonchev–Trinajstić information content (AvgIpc) is 2.67. The van der Waals surface area contributed by atoms with Gasteiger partial charge in [0.05, 0.1) is 11.6 Å². The van der Waals surface area contributed by atoms with Crippen LogP contribution in [0.1, 0.15) is 21.6 Å². The number of carbonyl (C=O) groups is 1. The molecule has 0 aliphatic rings. The number of pyridine rings is 1. The number of fused-ring (bicyclic) bond motifs is 1. The van der Waals surface area contributed by atoms with Crippen molar-refractivity contribution in [1.82, 2.24) is 9.88 Å². The standard InChI is InChI=1S/C21H17N3O/c1-2-12-24(15-17-7-5-6-16(13-17)14-22)21(25)20-19-9-4-3-8-18(19)10-11-23-20/h2-11,13H,1,12,15H2. The summed E-state index contributed by atoms with van der Waals surface area (Å²) in [4.78, 5) is 19.0. The predicted molar refractivity (Wildman–Crippen MR) is 97.8 cm³/mol. The van der Waals surface area contributed by atoms with E-state index in [1.165, 1.54) is 0 Å². The highest BCUT2D eigenvalue weighted by molar-refractivity contribution is 6.05. The lowest BCUT2D eigenvalue weighted by Crippen LogP contribution is -2.31. The molecule has 0 fully saturated rings. The topological polar surface area (TPSA) is 57.0 Å². The van der Waals surface area contributed by atoms with Crippen molar-refractivity contribution in [3.05, 3.63) is 90.3 Å². The van der Waals surface area contributed by atoms with Gasteiger partial charge in [0.15, 0.2) is 0 Å². The second-order valence-corrected chi connectivity index (χ2v) is 5.67. The van der Waals surface area contributed by atoms with E-state index in [1.807, 2.05) is 42.5 Å². The number of nitrogens with zero attached hydrogens (tertiary/aromatic N) is 3. The normalized spacial score (nSPS) is 10.2. The molecule has 1 heterocycles. The monoisotopic (exact) mass is 327 g/mol. The lowest BCUT2D eigenvalue weighted by molar-refractivity contribution is 0.0759. The Bertz CT molecular complexity index is 967. The van der Waals surface area contributed by atoms with Gasteiger partial charge in [-0.2, -0.15) is 5.26 Å². The summed E-state index contributed by atoms with van der Waals surface area (Å²) in [5.41, 5.74) is 1.90. The van der Waals surface area contributed by atoms with Crippen LogP contribution >= 0.6 is 0 Å². The van der Waals surface area contributed by atoms with Crippen molar-refractivity contribution < 1.29 is 4.79 Å². The Kier molecular flexibility index (Phi) is 4.87. The third-order valence-corrected chi connectivity index (χ3v) is 3.94. The van der Waals surface area contributed by atoms with Gasteiger partial charge >= 0.3 is 0 Å². The number of hydrogen-bond acceptors (Lipinski definition) is 3. The van der Waals surface area contributed by atoms with Gasteiger partial charge in [-0.1, -0.05) is 42.5 Å². The molecule has 0 radical (unpaired) electrons. The van der Waals surface area contributed by atoms with Crippen molar-refractivity contribution in [2.75, 3.05) is 6.54 Å². The van der Waals surface area contributed by atoms with Crippen LogP contribution in [-0.2, 0) is 6.54 Å². The smallest absolute Gasteiger partial charge is 0.273 e. The first kappa shape index (κ1) is 16.4. The van der Waals surface area contributed by atoms with Crippen LogP contribution in [0.15, 0.2) is 73.4 Å². The zero-order valence-electron chi connectivity index (χ0n) is 13.7. The molecule has 0 spiro atoms. The third kappa shape index (κ3) is 3.56. The van der Waals surface area contributed by atoms with Crippen LogP contribution in [0.25, 0.3) is 10.8 Å². The van der Waals surface area contributed by atoms with Crippen LogP contribution in [0.2, 0.25) is 0 Å². The molecule has 4 heteroatoms. The lowest BCUT2D eigenvalue weighted by Gasteiger charge is -2.21. The van der Waals surface area contributed by atoms with E-state index in [0.29, 0.717) is 24.3 Å². The van der Waals surface area contributed by atoms with Crippen molar-refractivity contribution in [2.24, 2.45) is 0 Å². The van der Waals surface area contributed by atoms with Gasteiger partial charge in [-0.3, -0.25) is 9.78 Å². The van der Waals surface area contributed by atoms with Crippen molar-refractivity contribution in [3.8, 4) is 6.07 Å². The molecule has 25 heavy (non-hydrogen) atoms. The maximum atomic E-state index is 13.1. The maximum absolute atomic E-state index is 13.1. The van der Waals surface area contributed by atoms with Gasteiger partial charge in [-0.25, -0.2) is 0 Å². The molecule has 1 amide bonds. The fourth-order valence-electron chi connectivity index (χ4n) is 2.77.